The van der Waals surface area contributed by atoms with Crippen LogP contribution in [0, 0.1) is 18.8 Å². The molecule has 1 aromatic rings. The topological polar surface area (TPSA) is 86.7 Å². The minimum Gasteiger partial charge on any atom is -0.506 e. The van der Waals surface area contributed by atoms with Crippen molar-refractivity contribution in [2.45, 2.75) is 39.0 Å². The molecule has 3 rings (SSSR count). The van der Waals surface area contributed by atoms with Crippen molar-refractivity contribution in [2.24, 2.45) is 11.8 Å². The van der Waals surface area contributed by atoms with E-state index in [0.29, 0.717) is 5.69 Å². The second-order valence-corrected chi connectivity index (χ2v) is 6.64. The molecule has 6 heteroatoms. The Morgan fingerprint density at radius 2 is 1.83 bits per heavy atom. The number of carbonyl (C=O) groups excluding carboxylic acids is 3. The summed E-state index contributed by atoms with van der Waals surface area (Å²) in [5.41, 5.74) is 1.22. The molecule has 6 nitrogen and oxygen atoms in total. The van der Waals surface area contributed by atoms with E-state index in [1.54, 1.807) is 18.2 Å². The van der Waals surface area contributed by atoms with Crippen molar-refractivity contribution in [2.75, 3.05) is 11.9 Å². The molecule has 0 bridgehead atoms. The molecule has 1 aromatic carbocycles. The lowest BCUT2D eigenvalue weighted by Crippen LogP contribution is -2.34. The third-order valence-corrected chi connectivity index (χ3v) is 4.92. The van der Waals surface area contributed by atoms with Gasteiger partial charge in [-0.15, -0.1) is 0 Å². The highest BCUT2D eigenvalue weighted by Gasteiger charge is 2.47. The summed E-state index contributed by atoms with van der Waals surface area (Å²) in [6, 6.07) is 4.98. The van der Waals surface area contributed by atoms with E-state index in [4.69, 9.17) is 0 Å². The number of hydrogen-bond donors (Lipinski definition) is 2. The maximum Gasteiger partial charge on any atom is 0.233 e. The van der Waals surface area contributed by atoms with Crippen LogP contribution < -0.4 is 5.32 Å². The highest BCUT2D eigenvalue weighted by atomic mass is 16.3. The zero-order valence-electron chi connectivity index (χ0n) is 13.7. The van der Waals surface area contributed by atoms with Crippen LogP contribution in [-0.4, -0.2) is 34.3 Å². The van der Waals surface area contributed by atoms with Crippen LogP contribution >= 0.6 is 0 Å². The largest absolute Gasteiger partial charge is 0.506 e. The number of benzene rings is 1. The van der Waals surface area contributed by atoms with Gasteiger partial charge in [-0.2, -0.15) is 0 Å². The maximum atomic E-state index is 12.3. The van der Waals surface area contributed by atoms with Gasteiger partial charge in [0.15, 0.2) is 0 Å². The van der Waals surface area contributed by atoms with Crippen molar-refractivity contribution in [3.8, 4) is 5.75 Å². The van der Waals surface area contributed by atoms with Crippen LogP contribution in [0.5, 0.6) is 5.75 Å². The number of aryl methyl sites for hydroxylation is 1. The molecule has 2 N–H and O–H groups in total. The van der Waals surface area contributed by atoms with Gasteiger partial charge in [0, 0.05) is 13.0 Å². The van der Waals surface area contributed by atoms with Crippen molar-refractivity contribution in [3.05, 3.63) is 23.8 Å². The average molecular weight is 330 g/mol. The molecule has 1 aliphatic carbocycles. The van der Waals surface area contributed by atoms with Gasteiger partial charge in [-0.3, -0.25) is 19.3 Å². The molecule has 1 saturated carbocycles. The molecular formula is C18H22N2O4. The van der Waals surface area contributed by atoms with Gasteiger partial charge in [-0.05, 0) is 37.5 Å². The predicted octanol–water partition coefficient (Wildman–Crippen LogP) is 2.20. The zero-order chi connectivity index (χ0) is 17.3. The van der Waals surface area contributed by atoms with Crippen molar-refractivity contribution in [3.63, 3.8) is 0 Å². The van der Waals surface area contributed by atoms with Gasteiger partial charge in [0.05, 0.1) is 17.5 Å². The first-order valence-corrected chi connectivity index (χ1v) is 8.42. The number of imide groups is 1. The molecule has 2 fully saturated rings. The zero-order valence-corrected chi connectivity index (χ0v) is 13.7. The number of fused-ring (bicyclic) bond motifs is 1. The molecule has 0 aromatic heterocycles. The number of likely N-dealkylation sites (tertiary alicyclic amines) is 1. The first-order chi connectivity index (χ1) is 11.5. The van der Waals surface area contributed by atoms with E-state index in [1.165, 1.54) is 4.90 Å². The summed E-state index contributed by atoms with van der Waals surface area (Å²) in [6.45, 7) is 1.94. The molecule has 1 saturated heterocycles. The quantitative estimate of drug-likeness (QED) is 0.654. The monoisotopic (exact) mass is 330 g/mol. The number of amides is 3. The van der Waals surface area contributed by atoms with Crippen molar-refractivity contribution < 1.29 is 19.5 Å². The summed E-state index contributed by atoms with van der Waals surface area (Å²) < 4.78 is 0. The number of phenolic OH excluding ortho intramolecular Hbond substituents is 1. The molecule has 1 aliphatic heterocycles. The molecule has 24 heavy (non-hydrogen) atoms. The summed E-state index contributed by atoms with van der Waals surface area (Å²) >= 11 is 0. The average Bonchev–Trinajstić information content (AvgIpc) is 2.80. The maximum absolute atomic E-state index is 12.3. The summed E-state index contributed by atoms with van der Waals surface area (Å²) in [4.78, 5) is 38.0. The third-order valence-electron chi connectivity index (χ3n) is 4.92. The molecule has 2 atom stereocenters. The van der Waals surface area contributed by atoms with Gasteiger partial charge in [-0.1, -0.05) is 18.9 Å². The summed E-state index contributed by atoms with van der Waals surface area (Å²) in [5.74, 6) is -0.954. The summed E-state index contributed by atoms with van der Waals surface area (Å²) in [7, 11) is 0. The Hall–Kier alpha value is -2.37. The van der Waals surface area contributed by atoms with E-state index in [-0.39, 0.29) is 48.3 Å². The van der Waals surface area contributed by atoms with E-state index in [2.05, 4.69) is 5.32 Å². The number of aromatic hydroxyl groups is 1. The van der Waals surface area contributed by atoms with Gasteiger partial charge >= 0.3 is 0 Å². The highest BCUT2D eigenvalue weighted by Crippen LogP contribution is 2.38. The van der Waals surface area contributed by atoms with Gasteiger partial charge in [0.2, 0.25) is 17.7 Å². The second kappa shape index (κ2) is 6.63. The van der Waals surface area contributed by atoms with Crippen LogP contribution in [0.4, 0.5) is 5.69 Å². The minimum atomic E-state index is -0.329. The smallest absolute Gasteiger partial charge is 0.233 e. The molecule has 0 radical (unpaired) electrons. The van der Waals surface area contributed by atoms with Crippen LogP contribution in [0.1, 0.15) is 37.7 Å². The van der Waals surface area contributed by atoms with Crippen LogP contribution in [-0.2, 0) is 14.4 Å². The Morgan fingerprint density at radius 1 is 1.21 bits per heavy atom. The molecule has 3 amide bonds. The second-order valence-electron chi connectivity index (χ2n) is 6.64. The number of phenols is 1. The highest BCUT2D eigenvalue weighted by molar-refractivity contribution is 6.05. The summed E-state index contributed by atoms with van der Waals surface area (Å²) in [5, 5.41) is 12.4. The van der Waals surface area contributed by atoms with Crippen molar-refractivity contribution in [1.29, 1.82) is 0 Å². The Morgan fingerprint density at radius 3 is 2.42 bits per heavy atom. The Labute approximate surface area is 140 Å². The molecule has 0 spiro atoms. The normalized spacial score (nSPS) is 23.3. The number of nitrogens with one attached hydrogen (secondary N) is 1. The molecular weight excluding hydrogens is 308 g/mol. The van der Waals surface area contributed by atoms with Crippen LogP contribution in [0.15, 0.2) is 18.2 Å². The standard InChI is InChI=1S/C18H22N2O4/c1-11-6-7-14(15(21)10-11)19-16(22)8-9-20-17(23)12-4-2-3-5-13(12)18(20)24/h6-7,10,12-13,21H,2-5,8-9H2,1H3,(H,19,22)/t12-,13-/m0/s1. The first kappa shape index (κ1) is 16.5. The van der Waals surface area contributed by atoms with Gasteiger partial charge < -0.3 is 10.4 Å². The lowest BCUT2D eigenvalue weighted by molar-refractivity contribution is -0.140. The van der Waals surface area contributed by atoms with Crippen molar-refractivity contribution >= 4 is 23.4 Å². The summed E-state index contributed by atoms with van der Waals surface area (Å²) in [6.07, 6.45) is 3.55. The molecule has 128 valence electrons. The number of nitrogens with zero attached hydrogens (tertiary/aromatic N) is 1. The van der Waals surface area contributed by atoms with Crippen molar-refractivity contribution in [1.82, 2.24) is 4.90 Å². The molecule has 1 heterocycles. The Balaban J connectivity index is 1.58. The van der Waals surface area contributed by atoms with Crippen LogP contribution in [0.25, 0.3) is 0 Å². The minimum absolute atomic E-state index is 0.00250. The van der Waals surface area contributed by atoms with E-state index in [1.807, 2.05) is 6.92 Å². The number of hydrogen-bond acceptors (Lipinski definition) is 4. The fraction of sp³-hybridized carbons (Fsp3) is 0.500. The predicted molar refractivity (Wildman–Crippen MR) is 88.3 cm³/mol. The van der Waals surface area contributed by atoms with Gasteiger partial charge in [0.25, 0.3) is 0 Å². The lowest BCUT2D eigenvalue weighted by Gasteiger charge is -2.19. The number of carbonyl (C=O) groups is 3. The Kier molecular flexibility index (Phi) is 4.55. The lowest BCUT2D eigenvalue weighted by atomic mass is 9.81. The molecule has 0 unspecified atom stereocenters. The fourth-order valence-electron chi connectivity index (χ4n) is 3.62. The number of rotatable bonds is 4. The van der Waals surface area contributed by atoms with E-state index >= 15 is 0 Å². The first-order valence-electron chi connectivity index (χ1n) is 8.42. The van der Waals surface area contributed by atoms with E-state index < -0.39 is 0 Å². The Bertz CT molecular complexity index is 662. The van der Waals surface area contributed by atoms with Gasteiger partial charge in [-0.25, -0.2) is 0 Å². The van der Waals surface area contributed by atoms with E-state index in [9.17, 15) is 19.5 Å². The third kappa shape index (κ3) is 3.13. The van der Waals surface area contributed by atoms with Crippen LogP contribution in [0.3, 0.4) is 0 Å². The number of anilines is 1. The van der Waals surface area contributed by atoms with Gasteiger partial charge in [0.1, 0.15) is 5.75 Å². The molecule has 2 aliphatic rings. The SMILES string of the molecule is Cc1ccc(NC(=O)CCN2C(=O)[C@H]3CCCC[C@@H]3C2=O)c(O)c1. The fourth-order valence-corrected chi connectivity index (χ4v) is 3.62. The van der Waals surface area contributed by atoms with E-state index in [0.717, 1.165) is 31.2 Å². The van der Waals surface area contributed by atoms with Crippen LogP contribution in [0.2, 0.25) is 0 Å².